The van der Waals surface area contributed by atoms with E-state index in [1.54, 1.807) is 36.4 Å². The second-order valence-electron chi connectivity index (χ2n) is 8.83. The molecular formula is C30H30O4. The van der Waals surface area contributed by atoms with E-state index in [2.05, 4.69) is 26.0 Å². The first-order chi connectivity index (χ1) is 16.2. The summed E-state index contributed by atoms with van der Waals surface area (Å²) in [5.74, 6) is 3.50. The number of benzene rings is 4. The molecule has 34 heavy (non-hydrogen) atoms. The van der Waals surface area contributed by atoms with Crippen molar-refractivity contribution in [2.75, 3.05) is 0 Å². The van der Waals surface area contributed by atoms with Crippen LogP contribution in [0.1, 0.15) is 38.9 Å². The topological polar surface area (TPSA) is 58.9 Å². The first-order valence-electron chi connectivity index (χ1n) is 11.4. The molecule has 4 heteroatoms. The number of aryl methyl sites for hydroxylation is 4. The Morgan fingerprint density at radius 1 is 0.618 bits per heavy atom. The maximum absolute atomic E-state index is 9.86. The number of phenolic OH excluding ortho intramolecular Hbond substituents is 2. The first-order valence-corrected chi connectivity index (χ1v) is 11.4. The molecule has 0 radical (unpaired) electrons. The number of hydrogen-bond acceptors (Lipinski definition) is 4. The molecule has 4 rings (SSSR count). The largest absolute Gasteiger partial charge is 0.508 e. The van der Waals surface area contributed by atoms with Crippen LogP contribution in [0.25, 0.3) is 0 Å². The molecule has 0 fully saturated rings. The van der Waals surface area contributed by atoms with Crippen LogP contribution in [0.15, 0.2) is 66.7 Å². The highest BCUT2D eigenvalue weighted by molar-refractivity contribution is 5.55. The van der Waals surface area contributed by atoms with Crippen molar-refractivity contribution in [1.29, 1.82) is 0 Å². The van der Waals surface area contributed by atoms with Gasteiger partial charge in [0.15, 0.2) is 0 Å². The van der Waals surface area contributed by atoms with E-state index in [1.165, 1.54) is 11.1 Å². The minimum atomic E-state index is 0.209. The molecule has 4 nitrogen and oxygen atoms in total. The highest BCUT2D eigenvalue weighted by atomic mass is 16.5. The van der Waals surface area contributed by atoms with Gasteiger partial charge in [0, 0.05) is 6.42 Å². The molecule has 0 aliphatic rings. The van der Waals surface area contributed by atoms with Crippen LogP contribution in [-0.2, 0) is 6.42 Å². The van der Waals surface area contributed by atoms with Crippen LogP contribution in [0.2, 0.25) is 0 Å². The number of rotatable bonds is 6. The molecule has 2 N–H and O–H groups in total. The van der Waals surface area contributed by atoms with E-state index in [0.29, 0.717) is 17.9 Å². The van der Waals surface area contributed by atoms with Crippen LogP contribution in [0.4, 0.5) is 0 Å². The van der Waals surface area contributed by atoms with Gasteiger partial charge in [0.2, 0.25) is 0 Å². The normalized spacial score (nSPS) is 10.9. The number of phenols is 2. The van der Waals surface area contributed by atoms with Gasteiger partial charge in [0.05, 0.1) is 0 Å². The molecule has 0 aliphatic carbocycles. The summed E-state index contributed by atoms with van der Waals surface area (Å²) in [6, 6.07) is 20.4. The lowest BCUT2D eigenvalue weighted by Crippen LogP contribution is -2.03. The smallest absolute Gasteiger partial charge is 0.133 e. The molecule has 0 bridgehead atoms. The second-order valence-corrected chi connectivity index (χ2v) is 8.83. The Bertz CT molecular complexity index is 1340. The van der Waals surface area contributed by atoms with Crippen molar-refractivity contribution in [3.05, 3.63) is 106 Å². The highest BCUT2D eigenvalue weighted by Gasteiger charge is 2.17. The van der Waals surface area contributed by atoms with Crippen molar-refractivity contribution in [1.82, 2.24) is 0 Å². The molecule has 0 saturated carbocycles. The van der Waals surface area contributed by atoms with E-state index < -0.39 is 0 Å². The quantitative estimate of drug-likeness (QED) is 0.312. The maximum atomic E-state index is 9.86. The average molecular weight is 455 g/mol. The van der Waals surface area contributed by atoms with Gasteiger partial charge in [0.25, 0.3) is 0 Å². The SMILES string of the molecule is Cc1cc(Oc2c(C)cccc2Cc2c(C)cc(C)c(Oc3ccc(O)cc3)c2C)ccc1O. The third-order valence-electron chi connectivity index (χ3n) is 6.17. The molecule has 0 spiro atoms. The van der Waals surface area contributed by atoms with Gasteiger partial charge in [-0.05, 0) is 116 Å². The summed E-state index contributed by atoms with van der Waals surface area (Å²) in [4.78, 5) is 0. The van der Waals surface area contributed by atoms with Gasteiger partial charge in [-0.15, -0.1) is 0 Å². The fraction of sp³-hybridized carbons (Fsp3) is 0.200. The standard InChI is InChI=1S/C30H30O4/c1-18-7-6-8-23(30(18)34-26-13-14-28(32)20(3)16-26)17-27-19(2)15-21(4)29(22(27)5)33-25-11-9-24(31)10-12-25/h6-16,31-32H,17H2,1-5H3. The molecule has 0 amide bonds. The van der Waals surface area contributed by atoms with Crippen molar-refractivity contribution in [3.8, 4) is 34.5 Å². The maximum Gasteiger partial charge on any atom is 0.133 e. The number of ether oxygens (including phenoxy) is 2. The lowest BCUT2D eigenvalue weighted by molar-refractivity contribution is 0.457. The van der Waals surface area contributed by atoms with Gasteiger partial charge < -0.3 is 19.7 Å². The van der Waals surface area contributed by atoms with E-state index in [4.69, 9.17) is 9.47 Å². The Balaban J connectivity index is 1.70. The summed E-state index contributed by atoms with van der Waals surface area (Å²) in [6.07, 6.45) is 0.692. The minimum Gasteiger partial charge on any atom is -0.508 e. The molecule has 4 aromatic rings. The monoisotopic (exact) mass is 454 g/mol. The van der Waals surface area contributed by atoms with Crippen LogP contribution in [0, 0.1) is 34.6 Å². The summed E-state index contributed by atoms with van der Waals surface area (Å²) in [6.45, 7) is 10.2. The van der Waals surface area contributed by atoms with Crippen LogP contribution < -0.4 is 9.47 Å². The number of aromatic hydroxyl groups is 2. The summed E-state index contributed by atoms with van der Waals surface area (Å²) in [5.41, 5.74) is 7.43. The molecule has 0 unspecified atom stereocenters. The van der Waals surface area contributed by atoms with E-state index in [9.17, 15) is 10.2 Å². The second kappa shape index (κ2) is 9.52. The van der Waals surface area contributed by atoms with Crippen LogP contribution in [0.3, 0.4) is 0 Å². The van der Waals surface area contributed by atoms with Crippen molar-refractivity contribution in [2.45, 2.75) is 41.0 Å². The predicted octanol–water partition coefficient (Wildman–Crippen LogP) is 7.82. The average Bonchev–Trinajstić information content (AvgIpc) is 2.80. The van der Waals surface area contributed by atoms with Crippen LogP contribution in [0.5, 0.6) is 34.5 Å². The molecule has 0 aromatic heterocycles. The van der Waals surface area contributed by atoms with Gasteiger partial charge in [-0.1, -0.05) is 24.3 Å². The molecule has 0 heterocycles. The highest BCUT2D eigenvalue weighted by Crippen LogP contribution is 2.37. The van der Waals surface area contributed by atoms with Gasteiger partial charge in [-0.25, -0.2) is 0 Å². The fourth-order valence-electron chi connectivity index (χ4n) is 4.27. The Labute approximate surface area is 201 Å². The lowest BCUT2D eigenvalue weighted by atomic mass is 9.92. The summed E-state index contributed by atoms with van der Waals surface area (Å²) in [5, 5.41) is 19.4. The summed E-state index contributed by atoms with van der Waals surface area (Å²) >= 11 is 0. The van der Waals surface area contributed by atoms with E-state index in [-0.39, 0.29) is 11.5 Å². The van der Waals surface area contributed by atoms with Gasteiger partial charge in [-0.3, -0.25) is 0 Å². The first kappa shape index (κ1) is 23.2. The van der Waals surface area contributed by atoms with Crippen molar-refractivity contribution in [3.63, 3.8) is 0 Å². The minimum absolute atomic E-state index is 0.209. The van der Waals surface area contributed by atoms with E-state index in [0.717, 1.165) is 39.3 Å². The zero-order valence-corrected chi connectivity index (χ0v) is 20.3. The molecule has 0 aliphatic heterocycles. The lowest BCUT2D eigenvalue weighted by Gasteiger charge is -2.20. The Hall–Kier alpha value is -3.92. The molecule has 0 saturated heterocycles. The molecular weight excluding hydrogens is 424 g/mol. The van der Waals surface area contributed by atoms with Crippen molar-refractivity contribution in [2.24, 2.45) is 0 Å². The number of hydrogen-bond donors (Lipinski definition) is 2. The van der Waals surface area contributed by atoms with Gasteiger partial charge >= 0.3 is 0 Å². The van der Waals surface area contributed by atoms with Crippen molar-refractivity contribution < 1.29 is 19.7 Å². The summed E-state index contributed by atoms with van der Waals surface area (Å²) < 4.78 is 12.6. The van der Waals surface area contributed by atoms with E-state index >= 15 is 0 Å². The Morgan fingerprint density at radius 3 is 2.00 bits per heavy atom. The predicted molar refractivity (Wildman–Crippen MR) is 136 cm³/mol. The zero-order valence-electron chi connectivity index (χ0n) is 20.3. The van der Waals surface area contributed by atoms with E-state index in [1.807, 2.05) is 39.0 Å². The molecule has 0 atom stereocenters. The van der Waals surface area contributed by atoms with Crippen LogP contribution in [-0.4, -0.2) is 10.2 Å². The Morgan fingerprint density at radius 2 is 1.29 bits per heavy atom. The molecule has 174 valence electrons. The third kappa shape index (κ3) is 4.86. The number of para-hydroxylation sites is 1. The molecule has 4 aromatic carbocycles. The third-order valence-corrected chi connectivity index (χ3v) is 6.17. The van der Waals surface area contributed by atoms with Crippen LogP contribution >= 0.6 is 0 Å². The Kier molecular flexibility index (Phi) is 6.51. The van der Waals surface area contributed by atoms with Gasteiger partial charge in [-0.2, -0.15) is 0 Å². The van der Waals surface area contributed by atoms with Gasteiger partial charge in [0.1, 0.15) is 34.5 Å². The van der Waals surface area contributed by atoms with Crippen molar-refractivity contribution >= 4 is 0 Å². The fourth-order valence-corrected chi connectivity index (χ4v) is 4.27. The summed E-state index contributed by atoms with van der Waals surface area (Å²) in [7, 11) is 0. The zero-order chi connectivity index (χ0) is 24.4.